The smallest absolute Gasteiger partial charge is 0.343 e. The number of ether oxygens (including phenoxy) is 2. The van der Waals surface area contributed by atoms with E-state index in [0.29, 0.717) is 5.06 Å². The minimum Gasteiger partial charge on any atom is -0.378 e. The molecule has 29 heavy (non-hydrogen) atoms. The third-order valence-electron chi connectivity index (χ3n) is 3.55. The van der Waals surface area contributed by atoms with Crippen molar-refractivity contribution in [2.45, 2.75) is 19.3 Å². The van der Waals surface area contributed by atoms with Gasteiger partial charge in [-0.15, -0.1) is 10.2 Å². The van der Waals surface area contributed by atoms with E-state index in [0.717, 1.165) is 6.07 Å². The molecule has 3 amide bonds. The highest BCUT2D eigenvalue weighted by molar-refractivity contribution is 6.01. The van der Waals surface area contributed by atoms with Crippen molar-refractivity contribution < 1.29 is 38.4 Å². The van der Waals surface area contributed by atoms with Gasteiger partial charge in [-0.05, 0) is 4.92 Å². The monoisotopic (exact) mass is 413 g/mol. The summed E-state index contributed by atoms with van der Waals surface area (Å²) in [4.78, 5) is 60.3. The van der Waals surface area contributed by atoms with E-state index in [1.807, 2.05) is 0 Å². The van der Waals surface area contributed by atoms with Crippen LogP contribution in [0.2, 0.25) is 0 Å². The summed E-state index contributed by atoms with van der Waals surface area (Å²) in [6, 6.07) is 1.02. The zero-order chi connectivity index (χ0) is 21.2. The fourth-order valence-electron chi connectivity index (χ4n) is 2.13. The summed E-state index contributed by atoms with van der Waals surface area (Å²) in [5, 5.41) is 19.1. The highest BCUT2D eigenvalue weighted by Crippen LogP contribution is 2.12. The van der Waals surface area contributed by atoms with Gasteiger partial charge in [-0.2, -0.15) is 0 Å². The Morgan fingerprint density at radius 1 is 1.17 bits per heavy atom. The van der Waals surface area contributed by atoms with Crippen LogP contribution in [0.25, 0.3) is 0 Å². The Balaban J connectivity index is 1.46. The molecule has 1 aromatic rings. The predicted octanol–water partition coefficient (Wildman–Crippen LogP) is -0.922. The standard InChI is InChI=1S/C15H19N5O9/c21-12-1-2-13(22)19(12)29-14(23)3-5-27-7-8-28-6-4-16-15(24)10-9-11(18-17-10)20(25)26/h9H,1-8H2,(H,16,24)(H,17,18). The number of hydrogen-bond acceptors (Lipinski definition) is 10. The fraction of sp³-hybridized carbons (Fsp3) is 0.533. The molecule has 0 bridgehead atoms. The first-order valence-corrected chi connectivity index (χ1v) is 8.58. The van der Waals surface area contributed by atoms with Crippen LogP contribution in [0.15, 0.2) is 6.07 Å². The summed E-state index contributed by atoms with van der Waals surface area (Å²) in [6.45, 7) is 0.718. The Bertz CT molecular complexity index is 762. The lowest BCUT2D eigenvalue weighted by Gasteiger charge is -2.12. The molecule has 0 aliphatic carbocycles. The van der Waals surface area contributed by atoms with Gasteiger partial charge >= 0.3 is 11.8 Å². The molecule has 0 aromatic carbocycles. The molecule has 0 atom stereocenters. The van der Waals surface area contributed by atoms with Gasteiger partial charge in [0, 0.05) is 19.4 Å². The average molecular weight is 413 g/mol. The number of H-pyrrole nitrogens is 1. The molecule has 0 spiro atoms. The van der Waals surface area contributed by atoms with Gasteiger partial charge < -0.3 is 29.7 Å². The van der Waals surface area contributed by atoms with Gasteiger partial charge in [0.05, 0.1) is 38.9 Å². The highest BCUT2D eigenvalue weighted by atomic mass is 16.7. The number of nitro groups is 1. The van der Waals surface area contributed by atoms with E-state index in [1.165, 1.54) is 0 Å². The quantitative estimate of drug-likeness (QED) is 0.188. The summed E-state index contributed by atoms with van der Waals surface area (Å²) in [6.07, 6.45) is -0.0764. The van der Waals surface area contributed by atoms with Crippen LogP contribution >= 0.6 is 0 Å². The van der Waals surface area contributed by atoms with Crippen molar-refractivity contribution in [3.05, 3.63) is 21.9 Å². The molecular formula is C15H19N5O9. The van der Waals surface area contributed by atoms with Gasteiger partial charge in [0.1, 0.15) is 0 Å². The molecule has 158 valence electrons. The van der Waals surface area contributed by atoms with Crippen molar-refractivity contribution in [3.8, 4) is 0 Å². The number of aromatic nitrogens is 2. The molecule has 0 radical (unpaired) electrons. The topological polar surface area (TPSA) is 183 Å². The number of carbonyl (C=O) groups excluding carboxylic acids is 4. The predicted molar refractivity (Wildman–Crippen MR) is 91.0 cm³/mol. The van der Waals surface area contributed by atoms with Crippen LogP contribution in [-0.2, 0) is 28.7 Å². The summed E-state index contributed by atoms with van der Waals surface area (Å²) in [5.74, 6) is -2.81. The maximum Gasteiger partial charge on any atom is 0.343 e. The average Bonchev–Trinajstić information content (AvgIpc) is 3.29. The third kappa shape index (κ3) is 6.93. The minimum absolute atomic E-state index is 0.0209. The Morgan fingerprint density at radius 3 is 2.45 bits per heavy atom. The van der Waals surface area contributed by atoms with Crippen molar-refractivity contribution in [2.75, 3.05) is 33.0 Å². The van der Waals surface area contributed by atoms with Crippen molar-refractivity contribution in [2.24, 2.45) is 0 Å². The Labute approximate surface area is 163 Å². The molecular weight excluding hydrogens is 394 g/mol. The van der Waals surface area contributed by atoms with E-state index < -0.39 is 28.6 Å². The number of nitrogens with zero attached hydrogens (tertiary/aromatic N) is 3. The first kappa shape index (κ1) is 21.9. The van der Waals surface area contributed by atoms with Gasteiger partial charge in [-0.1, -0.05) is 5.10 Å². The minimum atomic E-state index is -0.754. The number of aromatic amines is 1. The molecule has 0 saturated carbocycles. The molecule has 2 N–H and O–H groups in total. The van der Waals surface area contributed by atoms with Gasteiger partial charge in [-0.25, -0.2) is 4.79 Å². The van der Waals surface area contributed by atoms with Crippen molar-refractivity contribution in [1.82, 2.24) is 20.6 Å². The normalized spacial score (nSPS) is 13.6. The molecule has 1 saturated heterocycles. The van der Waals surface area contributed by atoms with Gasteiger partial charge in [0.15, 0.2) is 5.69 Å². The summed E-state index contributed by atoms with van der Waals surface area (Å²) in [5.41, 5.74) is -0.107. The van der Waals surface area contributed by atoms with Crippen molar-refractivity contribution >= 4 is 29.5 Å². The molecule has 1 aromatic heterocycles. The zero-order valence-corrected chi connectivity index (χ0v) is 15.3. The van der Waals surface area contributed by atoms with E-state index in [1.54, 1.807) is 0 Å². The van der Waals surface area contributed by atoms with Gasteiger partial charge in [0.2, 0.25) is 0 Å². The van der Waals surface area contributed by atoms with E-state index in [9.17, 15) is 29.3 Å². The molecule has 1 fully saturated rings. The number of imide groups is 1. The number of amides is 3. The fourth-order valence-corrected chi connectivity index (χ4v) is 2.13. The van der Waals surface area contributed by atoms with E-state index >= 15 is 0 Å². The lowest BCUT2D eigenvalue weighted by molar-refractivity contribution is -0.389. The van der Waals surface area contributed by atoms with Crippen LogP contribution in [0, 0.1) is 10.1 Å². The second-order valence-corrected chi connectivity index (χ2v) is 5.67. The summed E-state index contributed by atoms with van der Waals surface area (Å²) in [7, 11) is 0. The van der Waals surface area contributed by atoms with Gasteiger partial charge in [0.25, 0.3) is 17.7 Å². The Hall–Kier alpha value is -3.39. The van der Waals surface area contributed by atoms with Crippen molar-refractivity contribution in [1.29, 1.82) is 0 Å². The SMILES string of the molecule is O=C(CCOCCOCCNC(=O)c1cc([N+](=O)[O-])[nH]n1)ON1C(=O)CCC1=O. The van der Waals surface area contributed by atoms with Crippen LogP contribution < -0.4 is 5.32 Å². The number of hydroxylamine groups is 2. The van der Waals surface area contributed by atoms with Crippen LogP contribution in [0.3, 0.4) is 0 Å². The lowest BCUT2D eigenvalue weighted by Crippen LogP contribution is -2.32. The molecule has 14 heteroatoms. The van der Waals surface area contributed by atoms with Crippen LogP contribution in [0.1, 0.15) is 29.8 Å². The Morgan fingerprint density at radius 2 is 1.83 bits per heavy atom. The van der Waals surface area contributed by atoms with Crippen LogP contribution in [0.5, 0.6) is 0 Å². The largest absolute Gasteiger partial charge is 0.378 e. The second-order valence-electron chi connectivity index (χ2n) is 5.67. The Kier molecular flexibility index (Phi) is 8.17. The van der Waals surface area contributed by atoms with E-state index in [2.05, 4.69) is 20.4 Å². The molecule has 1 aliphatic heterocycles. The van der Waals surface area contributed by atoms with E-state index in [4.69, 9.17) is 9.47 Å². The number of carbonyl (C=O) groups is 4. The molecule has 1 aliphatic rings. The zero-order valence-electron chi connectivity index (χ0n) is 15.3. The first-order valence-electron chi connectivity index (χ1n) is 8.58. The summed E-state index contributed by atoms with van der Waals surface area (Å²) < 4.78 is 10.4. The summed E-state index contributed by atoms with van der Waals surface area (Å²) >= 11 is 0. The van der Waals surface area contributed by atoms with E-state index in [-0.39, 0.29) is 63.7 Å². The van der Waals surface area contributed by atoms with Crippen LogP contribution in [0.4, 0.5) is 5.82 Å². The lowest BCUT2D eigenvalue weighted by atomic mass is 10.4. The van der Waals surface area contributed by atoms with Crippen LogP contribution in [-0.4, -0.2) is 76.8 Å². The molecule has 2 heterocycles. The van der Waals surface area contributed by atoms with Gasteiger partial charge in [-0.3, -0.25) is 14.4 Å². The molecule has 2 rings (SSSR count). The first-order chi connectivity index (χ1) is 13.9. The molecule has 0 unspecified atom stereocenters. The highest BCUT2D eigenvalue weighted by Gasteiger charge is 2.32. The molecule has 14 nitrogen and oxygen atoms in total. The second kappa shape index (κ2) is 10.8. The number of hydrogen-bond donors (Lipinski definition) is 2. The van der Waals surface area contributed by atoms with Crippen molar-refractivity contribution in [3.63, 3.8) is 0 Å². The third-order valence-corrected chi connectivity index (χ3v) is 3.55. The maximum absolute atomic E-state index is 11.7. The maximum atomic E-state index is 11.7. The number of rotatable bonds is 12. The number of nitrogens with one attached hydrogen (secondary N) is 2.